The number of nitrogens with zero attached hydrogens (tertiary/aromatic N) is 1. The summed E-state index contributed by atoms with van der Waals surface area (Å²) < 4.78 is 4.76. The molecular weight excluding hydrogens is 158 g/mol. The molecule has 0 radical (unpaired) electrons. The van der Waals surface area contributed by atoms with Crippen LogP contribution in [0.2, 0.25) is 0 Å². The monoisotopic (exact) mass is 173 g/mol. The van der Waals surface area contributed by atoms with Crippen molar-refractivity contribution in [1.82, 2.24) is 4.90 Å². The molecule has 0 spiro atoms. The Hall–Kier alpha value is -0.770. The maximum atomic E-state index is 11.0. The van der Waals surface area contributed by atoms with Crippen LogP contribution in [-0.2, 0) is 4.74 Å². The molecule has 70 valence electrons. The molecule has 1 amide bonds. The van der Waals surface area contributed by atoms with Crippen LogP contribution >= 0.6 is 0 Å². The number of aliphatic hydroxyl groups is 1. The number of ether oxygens (including phenoxy) is 1. The van der Waals surface area contributed by atoms with Gasteiger partial charge in [-0.3, -0.25) is 0 Å². The molecule has 0 aromatic rings. The van der Waals surface area contributed by atoms with Gasteiger partial charge >= 0.3 is 6.09 Å². The van der Waals surface area contributed by atoms with Gasteiger partial charge < -0.3 is 14.7 Å². The van der Waals surface area contributed by atoms with Crippen LogP contribution in [0.3, 0.4) is 0 Å². The number of rotatable bonds is 2. The second-order valence-corrected chi connectivity index (χ2v) is 3.13. The quantitative estimate of drug-likeness (QED) is 0.665. The number of β-amino-alcohol motifs (C(OH)–C–C–N with tert-alkyl or cyclic N) is 1. The molecule has 1 rings (SSSR count). The molecule has 1 fully saturated rings. The molecule has 0 saturated carbocycles. The van der Waals surface area contributed by atoms with Crippen molar-refractivity contribution in [2.24, 2.45) is 0 Å². The summed E-state index contributed by atoms with van der Waals surface area (Å²) in [5.74, 6) is 0. The smallest absolute Gasteiger partial charge is 0.409 e. The normalized spacial score (nSPS) is 20.1. The number of carbonyl (C=O) groups excluding carboxylic acids is 1. The van der Waals surface area contributed by atoms with Gasteiger partial charge in [0.1, 0.15) is 0 Å². The van der Waals surface area contributed by atoms with Crippen molar-refractivity contribution in [1.29, 1.82) is 0 Å². The van der Waals surface area contributed by atoms with Crippen LogP contribution in [0.5, 0.6) is 0 Å². The maximum Gasteiger partial charge on any atom is 0.409 e. The van der Waals surface area contributed by atoms with Gasteiger partial charge in [-0.15, -0.1) is 0 Å². The van der Waals surface area contributed by atoms with E-state index in [0.29, 0.717) is 26.1 Å². The predicted octanol–water partition coefficient (Wildman–Crippen LogP) is 0.600. The van der Waals surface area contributed by atoms with Gasteiger partial charge in [-0.25, -0.2) is 4.79 Å². The van der Waals surface area contributed by atoms with Gasteiger partial charge in [0, 0.05) is 0 Å². The molecular formula is C8H15NO3. The molecule has 4 heteroatoms. The fourth-order valence-corrected chi connectivity index (χ4v) is 1.23. The molecule has 0 bridgehead atoms. The lowest BCUT2D eigenvalue weighted by molar-refractivity contribution is -0.0898. The van der Waals surface area contributed by atoms with E-state index >= 15 is 0 Å². The summed E-state index contributed by atoms with van der Waals surface area (Å²) >= 11 is 0. The van der Waals surface area contributed by atoms with Crippen molar-refractivity contribution in [3.05, 3.63) is 0 Å². The second-order valence-electron chi connectivity index (χ2n) is 3.13. The third kappa shape index (κ3) is 1.69. The molecule has 1 aliphatic heterocycles. The minimum atomic E-state index is -0.660. The van der Waals surface area contributed by atoms with E-state index < -0.39 is 5.60 Å². The number of hydrogen-bond donors (Lipinski definition) is 1. The molecule has 1 N–H and O–H groups in total. The van der Waals surface area contributed by atoms with E-state index in [1.807, 2.05) is 6.92 Å². The number of carbonyl (C=O) groups is 1. The molecule has 0 unspecified atom stereocenters. The molecule has 0 aromatic heterocycles. The number of likely N-dealkylation sites (tertiary alicyclic amines) is 1. The maximum absolute atomic E-state index is 11.0. The summed E-state index contributed by atoms with van der Waals surface area (Å²) in [6.07, 6.45) is 0.360. The first-order valence-corrected chi connectivity index (χ1v) is 4.25. The lowest BCUT2D eigenvalue weighted by Crippen LogP contribution is -2.63. The van der Waals surface area contributed by atoms with E-state index in [-0.39, 0.29) is 6.09 Å². The molecule has 1 heterocycles. The van der Waals surface area contributed by atoms with Gasteiger partial charge in [0.15, 0.2) is 0 Å². The first-order valence-electron chi connectivity index (χ1n) is 4.25. The van der Waals surface area contributed by atoms with Gasteiger partial charge in [-0.05, 0) is 13.3 Å². The average molecular weight is 173 g/mol. The highest BCUT2D eigenvalue weighted by atomic mass is 16.6. The minimum absolute atomic E-state index is 0.323. The zero-order chi connectivity index (χ0) is 9.19. The van der Waals surface area contributed by atoms with Crippen molar-refractivity contribution in [2.75, 3.05) is 19.7 Å². The highest BCUT2D eigenvalue weighted by Gasteiger charge is 2.42. The zero-order valence-corrected chi connectivity index (χ0v) is 7.54. The van der Waals surface area contributed by atoms with Crippen molar-refractivity contribution >= 4 is 6.09 Å². The molecule has 1 saturated heterocycles. The first-order chi connectivity index (χ1) is 5.61. The molecule has 4 nitrogen and oxygen atoms in total. The second kappa shape index (κ2) is 3.31. The average Bonchev–Trinajstić information content (AvgIpc) is 1.99. The largest absolute Gasteiger partial charge is 0.450 e. The Morgan fingerprint density at radius 3 is 2.58 bits per heavy atom. The van der Waals surface area contributed by atoms with Gasteiger partial charge in [-0.1, -0.05) is 6.92 Å². The minimum Gasteiger partial charge on any atom is -0.450 e. The van der Waals surface area contributed by atoms with Crippen LogP contribution < -0.4 is 0 Å². The van der Waals surface area contributed by atoms with Crippen molar-refractivity contribution in [2.45, 2.75) is 25.9 Å². The van der Waals surface area contributed by atoms with Crippen LogP contribution in [0.25, 0.3) is 0 Å². The number of hydrogen-bond acceptors (Lipinski definition) is 3. The van der Waals surface area contributed by atoms with Crippen LogP contribution in [-0.4, -0.2) is 41.4 Å². The molecule has 0 aromatic carbocycles. The first kappa shape index (κ1) is 9.32. The van der Waals surface area contributed by atoms with E-state index in [1.54, 1.807) is 6.92 Å². The molecule has 0 aliphatic carbocycles. The van der Waals surface area contributed by atoms with Crippen LogP contribution in [0.1, 0.15) is 20.3 Å². The van der Waals surface area contributed by atoms with E-state index in [4.69, 9.17) is 4.74 Å². The van der Waals surface area contributed by atoms with E-state index in [9.17, 15) is 9.90 Å². The fourth-order valence-electron chi connectivity index (χ4n) is 1.23. The third-order valence-electron chi connectivity index (χ3n) is 2.15. The van der Waals surface area contributed by atoms with Crippen molar-refractivity contribution < 1.29 is 14.6 Å². The summed E-state index contributed by atoms with van der Waals surface area (Å²) in [5, 5.41) is 9.56. The van der Waals surface area contributed by atoms with Gasteiger partial charge in [-0.2, -0.15) is 0 Å². The lowest BCUT2D eigenvalue weighted by Gasteiger charge is -2.45. The van der Waals surface area contributed by atoms with E-state index in [1.165, 1.54) is 4.90 Å². The Kier molecular flexibility index (Phi) is 2.57. The standard InChI is InChI=1S/C8H15NO3/c1-3-8(11)5-9(6-8)7(10)12-4-2/h11H,3-6H2,1-2H3. The SMILES string of the molecule is CCOC(=O)N1CC(O)(CC)C1. The van der Waals surface area contributed by atoms with Gasteiger partial charge in [0.25, 0.3) is 0 Å². The number of amides is 1. The van der Waals surface area contributed by atoms with Gasteiger partial charge in [0.05, 0.1) is 25.3 Å². The third-order valence-corrected chi connectivity index (χ3v) is 2.15. The Bertz CT molecular complexity index is 175. The van der Waals surface area contributed by atoms with Crippen molar-refractivity contribution in [3.8, 4) is 0 Å². The Balaban J connectivity index is 2.29. The topological polar surface area (TPSA) is 49.8 Å². The summed E-state index contributed by atoms with van der Waals surface area (Å²) in [6.45, 7) is 4.87. The van der Waals surface area contributed by atoms with Crippen LogP contribution in [0.15, 0.2) is 0 Å². The Morgan fingerprint density at radius 2 is 2.17 bits per heavy atom. The van der Waals surface area contributed by atoms with Gasteiger partial charge in [0.2, 0.25) is 0 Å². The predicted molar refractivity (Wildman–Crippen MR) is 43.8 cm³/mol. The van der Waals surface area contributed by atoms with E-state index in [2.05, 4.69) is 0 Å². The Labute approximate surface area is 72.1 Å². The summed E-state index contributed by atoms with van der Waals surface area (Å²) in [7, 11) is 0. The summed E-state index contributed by atoms with van der Waals surface area (Å²) in [5.41, 5.74) is -0.660. The highest BCUT2D eigenvalue weighted by Crippen LogP contribution is 2.24. The summed E-state index contributed by atoms with van der Waals surface area (Å²) in [6, 6.07) is 0. The molecule has 0 atom stereocenters. The van der Waals surface area contributed by atoms with E-state index in [0.717, 1.165) is 0 Å². The zero-order valence-electron chi connectivity index (χ0n) is 7.54. The Morgan fingerprint density at radius 1 is 1.58 bits per heavy atom. The fraction of sp³-hybridized carbons (Fsp3) is 0.875. The lowest BCUT2D eigenvalue weighted by atomic mass is 9.92. The molecule has 1 aliphatic rings. The van der Waals surface area contributed by atoms with Crippen LogP contribution in [0.4, 0.5) is 4.79 Å². The van der Waals surface area contributed by atoms with Crippen LogP contribution in [0, 0.1) is 0 Å². The van der Waals surface area contributed by atoms with Crippen molar-refractivity contribution in [3.63, 3.8) is 0 Å². The molecule has 12 heavy (non-hydrogen) atoms. The summed E-state index contributed by atoms with van der Waals surface area (Å²) in [4.78, 5) is 12.5. The highest BCUT2D eigenvalue weighted by molar-refractivity contribution is 5.69.